The van der Waals surface area contributed by atoms with Gasteiger partial charge in [-0.1, -0.05) is 38.1 Å². The average molecular weight is 286 g/mol. The van der Waals surface area contributed by atoms with Gasteiger partial charge in [-0.2, -0.15) is 0 Å². The van der Waals surface area contributed by atoms with Crippen LogP contribution >= 0.6 is 0 Å². The van der Waals surface area contributed by atoms with Crippen LogP contribution in [0.25, 0.3) is 0 Å². The van der Waals surface area contributed by atoms with E-state index in [4.69, 9.17) is 14.2 Å². The zero-order valence-electron chi connectivity index (χ0n) is 12.8. The van der Waals surface area contributed by atoms with Crippen molar-refractivity contribution in [1.29, 1.82) is 0 Å². The molecule has 3 nitrogen and oxygen atoms in total. The van der Waals surface area contributed by atoms with Gasteiger partial charge in [0.05, 0.1) is 7.11 Å². The molecule has 21 heavy (non-hydrogen) atoms. The number of para-hydroxylation sites is 2. The molecule has 3 heteroatoms. The summed E-state index contributed by atoms with van der Waals surface area (Å²) in [6.07, 6.45) is 0. The molecule has 2 rings (SSSR count). The molecule has 112 valence electrons. The summed E-state index contributed by atoms with van der Waals surface area (Å²) in [5.74, 6) is 2.87. The van der Waals surface area contributed by atoms with Crippen LogP contribution in [0.15, 0.2) is 48.5 Å². The number of hydrogen-bond donors (Lipinski definition) is 0. The zero-order chi connectivity index (χ0) is 15.1. The summed E-state index contributed by atoms with van der Waals surface area (Å²) in [5.41, 5.74) is 1.31. The topological polar surface area (TPSA) is 27.7 Å². The van der Waals surface area contributed by atoms with E-state index in [-0.39, 0.29) is 0 Å². The maximum atomic E-state index is 5.67. The summed E-state index contributed by atoms with van der Waals surface area (Å²) in [7, 11) is 1.63. The molecule has 0 spiro atoms. The Morgan fingerprint density at radius 3 is 2.05 bits per heavy atom. The molecule has 0 bridgehead atoms. The van der Waals surface area contributed by atoms with Gasteiger partial charge in [0.1, 0.15) is 19.0 Å². The van der Waals surface area contributed by atoms with Gasteiger partial charge in [0.25, 0.3) is 0 Å². The van der Waals surface area contributed by atoms with Crippen LogP contribution in [0.1, 0.15) is 25.3 Å². The number of rotatable bonds is 7. The minimum absolute atomic E-state index is 0.478. The van der Waals surface area contributed by atoms with Crippen molar-refractivity contribution >= 4 is 0 Å². The quantitative estimate of drug-likeness (QED) is 0.711. The summed E-state index contributed by atoms with van der Waals surface area (Å²) in [6.45, 7) is 5.33. The van der Waals surface area contributed by atoms with Gasteiger partial charge in [0.15, 0.2) is 11.5 Å². The average Bonchev–Trinajstić information content (AvgIpc) is 2.52. The Labute approximate surface area is 126 Å². The van der Waals surface area contributed by atoms with E-state index in [1.807, 2.05) is 36.4 Å². The third-order valence-corrected chi connectivity index (χ3v) is 3.23. The molecule has 0 atom stereocenters. The van der Waals surface area contributed by atoms with Gasteiger partial charge in [-0.05, 0) is 35.7 Å². The minimum Gasteiger partial charge on any atom is -0.493 e. The van der Waals surface area contributed by atoms with Crippen LogP contribution in [0.3, 0.4) is 0 Å². The SMILES string of the molecule is COc1ccccc1OCCOc1ccc(C(C)C)cc1. The standard InChI is InChI=1S/C18H22O3/c1-14(2)15-8-10-16(11-9-15)20-12-13-21-18-7-5-4-6-17(18)19-3/h4-11,14H,12-13H2,1-3H3. The highest BCUT2D eigenvalue weighted by atomic mass is 16.5. The minimum atomic E-state index is 0.478. The summed E-state index contributed by atoms with van der Waals surface area (Å²) in [4.78, 5) is 0. The fraction of sp³-hybridized carbons (Fsp3) is 0.333. The predicted octanol–water partition coefficient (Wildman–Crippen LogP) is 4.28. The van der Waals surface area contributed by atoms with Crippen molar-refractivity contribution in [3.8, 4) is 17.2 Å². The Morgan fingerprint density at radius 2 is 1.43 bits per heavy atom. The lowest BCUT2D eigenvalue weighted by Crippen LogP contribution is -2.09. The summed E-state index contributed by atoms with van der Waals surface area (Å²) >= 11 is 0. The first-order valence-electron chi connectivity index (χ1n) is 7.19. The molecule has 0 N–H and O–H groups in total. The first-order chi connectivity index (χ1) is 10.2. The van der Waals surface area contributed by atoms with Crippen molar-refractivity contribution in [3.05, 3.63) is 54.1 Å². The summed E-state index contributed by atoms with van der Waals surface area (Å²) in [6, 6.07) is 15.8. The molecule has 0 heterocycles. The summed E-state index contributed by atoms with van der Waals surface area (Å²) in [5, 5.41) is 0. The van der Waals surface area contributed by atoms with Gasteiger partial charge in [-0.15, -0.1) is 0 Å². The van der Waals surface area contributed by atoms with Gasteiger partial charge < -0.3 is 14.2 Å². The monoisotopic (exact) mass is 286 g/mol. The van der Waals surface area contributed by atoms with Crippen LogP contribution in [0.2, 0.25) is 0 Å². The van der Waals surface area contributed by atoms with Crippen molar-refractivity contribution in [2.24, 2.45) is 0 Å². The predicted molar refractivity (Wildman–Crippen MR) is 84.5 cm³/mol. The number of methoxy groups -OCH3 is 1. The van der Waals surface area contributed by atoms with E-state index in [0.29, 0.717) is 19.1 Å². The van der Waals surface area contributed by atoms with Crippen molar-refractivity contribution in [2.75, 3.05) is 20.3 Å². The summed E-state index contributed by atoms with van der Waals surface area (Å²) < 4.78 is 16.6. The van der Waals surface area contributed by atoms with E-state index in [1.165, 1.54) is 5.56 Å². The maximum Gasteiger partial charge on any atom is 0.161 e. The van der Waals surface area contributed by atoms with E-state index in [2.05, 4.69) is 26.0 Å². The second-order valence-electron chi connectivity index (χ2n) is 5.07. The Bertz CT molecular complexity index is 547. The Balaban J connectivity index is 1.79. The molecule has 0 aliphatic carbocycles. The Kier molecular flexibility index (Phi) is 5.50. The lowest BCUT2D eigenvalue weighted by molar-refractivity contribution is 0.211. The molecule has 0 aliphatic rings. The van der Waals surface area contributed by atoms with E-state index in [0.717, 1.165) is 17.2 Å². The first kappa shape index (κ1) is 15.2. The van der Waals surface area contributed by atoms with Crippen molar-refractivity contribution < 1.29 is 14.2 Å². The normalized spacial score (nSPS) is 10.5. The lowest BCUT2D eigenvalue weighted by atomic mass is 10.0. The first-order valence-corrected chi connectivity index (χ1v) is 7.19. The molecule has 0 aliphatic heterocycles. The molecule has 0 unspecified atom stereocenters. The molecule has 2 aromatic carbocycles. The molecular weight excluding hydrogens is 264 g/mol. The van der Waals surface area contributed by atoms with Gasteiger partial charge >= 0.3 is 0 Å². The molecule has 0 saturated heterocycles. The van der Waals surface area contributed by atoms with E-state index in [9.17, 15) is 0 Å². The second kappa shape index (κ2) is 7.58. The highest BCUT2D eigenvalue weighted by Crippen LogP contribution is 2.25. The molecule has 0 fully saturated rings. The van der Waals surface area contributed by atoms with Crippen LogP contribution in [0.5, 0.6) is 17.2 Å². The molecule has 0 saturated carbocycles. The van der Waals surface area contributed by atoms with Gasteiger partial charge in [-0.25, -0.2) is 0 Å². The highest BCUT2D eigenvalue weighted by Gasteiger charge is 2.03. The van der Waals surface area contributed by atoms with Crippen molar-refractivity contribution in [2.45, 2.75) is 19.8 Å². The van der Waals surface area contributed by atoms with Crippen LogP contribution in [0.4, 0.5) is 0 Å². The zero-order valence-corrected chi connectivity index (χ0v) is 12.8. The van der Waals surface area contributed by atoms with E-state index in [1.54, 1.807) is 7.11 Å². The van der Waals surface area contributed by atoms with Gasteiger partial charge in [0.2, 0.25) is 0 Å². The van der Waals surface area contributed by atoms with E-state index < -0.39 is 0 Å². The smallest absolute Gasteiger partial charge is 0.161 e. The third-order valence-electron chi connectivity index (χ3n) is 3.23. The van der Waals surface area contributed by atoms with Crippen LogP contribution in [0, 0.1) is 0 Å². The van der Waals surface area contributed by atoms with E-state index >= 15 is 0 Å². The number of hydrogen-bond acceptors (Lipinski definition) is 3. The fourth-order valence-corrected chi connectivity index (χ4v) is 2.00. The second-order valence-corrected chi connectivity index (χ2v) is 5.07. The molecule has 0 amide bonds. The maximum absolute atomic E-state index is 5.67. The van der Waals surface area contributed by atoms with Crippen LogP contribution in [-0.4, -0.2) is 20.3 Å². The molecule has 0 radical (unpaired) electrons. The van der Waals surface area contributed by atoms with Crippen molar-refractivity contribution in [1.82, 2.24) is 0 Å². The number of benzene rings is 2. The Hall–Kier alpha value is -2.16. The van der Waals surface area contributed by atoms with Gasteiger partial charge in [0, 0.05) is 0 Å². The van der Waals surface area contributed by atoms with Crippen molar-refractivity contribution in [3.63, 3.8) is 0 Å². The molecular formula is C18H22O3. The molecule has 0 aromatic heterocycles. The van der Waals surface area contributed by atoms with Crippen LogP contribution < -0.4 is 14.2 Å². The molecule has 2 aromatic rings. The fourth-order valence-electron chi connectivity index (χ4n) is 2.00. The largest absolute Gasteiger partial charge is 0.493 e. The highest BCUT2D eigenvalue weighted by molar-refractivity contribution is 5.39. The Morgan fingerprint density at radius 1 is 0.810 bits per heavy atom. The number of ether oxygens (including phenoxy) is 3. The van der Waals surface area contributed by atoms with Gasteiger partial charge in [-0.3, -0.25) is 0 Å². The third kappa shape index (κ3) is 4.42. The van der Waals surface area contributed by atoms with Crippen LogP contribution in [-0.2, 0) is 0 Å². The lowest BCUT2D eigenvalue weighted by Gasteiger charge is -2.11.